The van der Waals surface area contributed by atoms with E-state index in [0.29, 0.717) is 13.0 Å². The van der Waals surface area contributed by atoms with Crippen LogP contribution in [0.15, 0.2) is 24.3 Å². The van der Waals surface area contributed by atoms with Gasteiger partial charge in [-0.25, -0.2) is 0 Å². The normalized spacial score (nSPS) is 16.3. The van der Waals surface area contributed by atoms with E-state index in [9.17, 15) is 0 Å². The van der Waals surface area contributed by atoms with Crippen LogP contribution in [0, 0.1) is 11.3 Å². The van der Waals surface area contributed by atoms with Gasteiger partial charge in [0, 0.05) is 44.8 Å². The molecule has 0 amide bonds. The third-order valence-electron chi connectivity index (χ3n) is 3.69. The monoisotopic (exact) mass is 258 g/mol. The fraction of sp³-hybridized carbons (Fsp3) is 0.533. The molecule has 1 fully saturated rings. The number of anilines is 1. The summed E-state index contributed by atoms with van der Waals surface area (Å²) < 4.78 is 0. The molecular weight excluding hydrogens is 236 g/mol. The lowest BCUT2D eigenvalue weighted by molar-refractivity contribution is 0.256. The van der Waals surface area contributed by atoms with Crippen LogP contribution in [0.1, 0.15) is 18.4 Å². The van der Waals surface area contributed by atoms with Crippen molar-refractivity contribution in [2.45, 2.75) is 19.4 Å². The van der Waals surface area contributed by atoms with E-state index in [-0.39, 0.29) is 0 Å². The minimum Gasteiger partial charge on any atom is -0.369 e. The minimum absolute atomic E-state index is 0.596. The third-order valence-corrected chi connectivity index (χ3v) is 3.69. The first-order valence-corrected chi connectivity index (χ1v) is 6.97. The molecule has 1 heterocycles. The van der Waals surface area contributed by atoms with Crippen LogP contribution < -0.4 is 10.6 Å². The highest BCUT2D eigenvalue weighted by Gasteiger charge is 2.18. The van der Waals surface area contributed by atoms with Crippen LogP contribution in [0.25, 0.3) is 0 Å². The highest BCUT2D eigenvalue weighted by Crippen LogP contribution is 2.21. The van der Waals surface area contributed by atoms with Crippen LogP contribution in [0.2, 0.25) is 0 Å². The van der Waals surface area contributed by atoms with Crippen molar-refractivity contribution in [3.05, 3.63) is 29.8 Å². The number of nitrogens with zero attached hydrogens (tertiary/aromatic N) is 3. The molecule has 0 atom stereocenters. The molecule has 0 saturated carbocycles. The number of para-hydroxylation sites is 1. The first kappa shape index (κ1) is 13.9. The van der Waals surface area contributed by atoms with Gasteiger partial charge in [-0.15, -0.1) is 0 Å². The number of hydrogen-bond acceptors (Lipinski definition) is 4. The number of unbranched alkanes of at least 4 members (excludes halogenated alkanes) is 1. The smallest absolute Gasteiger partial charge is 0.0622 e. The van der Waals surface area contributed by atoms with Crippen LogP contribution in [0.3, 0.4) is 0 Å². The molecule has 0 unspecified atom stereocenters. The van der Waals surface area contributed by atoms with Gasteiger partial charge in [0.1, 0.15) is 0 Å². The van der Waals surface area contributed by atoms with Gasteiger partial charge in [0.05, 0.1) is 6.07 Å². The minimum atomic E-state index is 0.596. The number of benzene rings is 1. The van der Waals surface area contributed by atoms with E-state index >= 15 is 0 Å². The summed E-state index contributed by atoms with van der Waals surface area (Å²) >= 11 is 0. The Morgan fingerprint density at radius 3 is 2.58 bits per heavy atom. The molecule has 1 aliphatic rings. The maximum atomic E-state index is 8.56. The topological polar surface area (TPSA) is 56.3 Å². The second-order valence-electron chi connectivity index (χ2n) is 4.92. The van der Waals surface area contributed by atoms with Gasteiger partial charge in [-0.1, -0.05) is 18.2 Å². The average molecular weight is 258 g/mol. The zero-order valence-electron chi connectivity index (χ0n) is 11.4. The van der Waals surface area contributed by atoms with E-state index in [4.69, 9.17) is 11.0 Å². The Bertz CT molecular complexity index is 430. The second kappa shape index (κ2) is 7.13. The first-order chi connectivity index (χ1) is 9.35. The quantitative estimate of drug-likeness (QED) is 0.815. The van der Waals surface area contributed by atoms with Crippen LogP contribution >= 0.6 is 0 Å². The summed E-state index contributed by atoms with van der Waals surface area (Å²) in [6.07, 6.45) is 1.64. The highest BCUT2D eigenvalue weighted by molar-refractivity contribution is 5.53. The molecule has 102 valence electrons. The molecule has 1 aliphatic heterocycles. The fourth-order valence-electron chi connectivity index (χ4n) is 2.59. The van der Waals surface area contributed by atoms with Crippen molar-refractivity contribution in [2.24, 2.45) is 5.73 Å². The number of hydrogen-bond donors (Lipinski definition) is 1. The summed E-state index contributed by atoms with van der Waals surface area (Å²) in [7, 11) is 0. The Balaban J connectivity index is 1.87. The summed E-state index contributed by atoms with van der Waals surface area (Å²) in [6.45, 7) is 5.88. The van der Waals surface area contributed by atoms with Gasteiger partial charge in [0.25, 0.3) is 0 Å². The molecule has 2 N–H and O–H groups in total. The van der Waals surface area contributed by atoms with Crippen LogP contribution in [-0.2, 0) is 6.54 Å². The van der Waals surface area contributed by atoms with Gasteiger partial charge >= 0.3 is 0 Å². The second-order valence-corrected chi connectivity index (χ2v) is 4.92. The largest absolute Gasteiger partial charge is 0.369 e. The van der Waals surface area contributed by atoms with Crippen molar-refractivity contribution in [3.8, 4) is 6.07 Å². The number of nitriles is 1. The van der Waals surface area contributed by atoms with Gasteiger partial charge in [0.2, 0.25) is 0 Å². The van der Waals surface area contributed by atoms with E-state index in [0.717, 1.165) is 39.1 Å². The van der Waals surface area contributed by atoms with Crippen molar-refractivity contribution < 1.29 is 0 Å². The van der Waals surface area contributed by atoms with Gasteiger partial charge in [-0.2, -0.15) is 5.26 Å². The predicted octanol–water partition coefficient (Wildman–Crippen LogP) is 1.57. The fourth-order valence-corrected chi connectivity index (χ4v) is 2.59. The van der Waals surface area contributed by atoms with Crippen molar-refractivity contribution in [2.75, 3.05) is 37.6 Å². The lowest BCUT2D eigenvalue weighted by Crippen LogP contribution is -2.47. The predicted molar refractivity (Wildman–Crippen MR) is 77.8 cm³/mol. The maximum Gasteiger partial charge on any atom is 0.0622 e. The van der Waals surface area contributed by atoms with Crippen molar-refractivity contribution in [1.82, 2.24) is 4.90 Å². The average Bonchev–Trinajstić information content (AvgIpc) is 2.48. The van der Waals surface area contributed by atoms with Crippen LogP contribution in [0.5, 0.6) is 0 Å². The molecule has 2 rings (SSSR count). The Kier molecular flexibility index (Phi) is 5.20. The summed E-state index contributed by atoms with van der Waals surface area (Å²) in [5, 5.41) is 8.56. The lowest BCUT2D eigenvalue weighted by Gasteiger charge is -2.36. The summed E-state index contributed by atoms with van der Waals surface area (Å²) in [5.74, 6) is 0. The molecule has 0 bridgehead atoms. The van der Waals surface area contributed by atoms with Gasteiger partial charge in [0.15, 0.2) is 0 Å². The van der Waals surface area contributed by atoms with Crippen molar-refractivity contribution in [3.63, 3.8) is 0 Å². The maximum absolute atomic E-state index is 8.56. The van der Waals surface area contributed by atoms with Crippen molar-refractivity contribution >= 4 is 5.69 Å². The lowest BCUT2D eigenvalue weighted by atomic mass is 10.1. The van der Waals surface area contributed by atoms with Crippen molar-refractivity contribution in [1.29, 1.82) is 5.26 Å². The SMILES string of the molecule is N#CCCCN1CCN(c2ccccc2CN)CC1. The van der Waals surface area contributed by atoms with E-state index in [1.165, 1.54) is 11.3 Å². The summed E-state index contributed by atoms with van der Waals surface area (Å²) in [4.78, 5) is 4.86. The molecule has 0 spiro atoms. The Morgan fingerprint density at radius 1 is 1.16 bits per heavy atom. The van der Waals surface area contributed by atoms with E-state index < -0.39 is 0 Å². The molecule has 0 aliphatic carbocycles. The first-order valence-electron chi connectivity index (χ1n) is 6.97. The molecule has 1 aromatic carbocycles. The van der Waals surface area contributed by atoms with E-state index in [2.05, 4.69) is 34.1 Å². The third kappa shape index (κ3) is 3.69. The van der Waals surface area contributed by atoms with Gasteiger partial charge < -0.3 is 10.6 Å². The number of rotatable bonds is 5. The Morgan fingerprint density at radius 2 is 1.89 bits per heavy atom. The molecular formula is C15H22N4. The van der Waals surface area contributed by atoms with Crippen LogP contribution in [0.4, 0.5) is 5.69 Å². The zero-order valence-corrected chi connectivity index (χ0v) is 11.4. The molecule has 19 heavy (non-hydrogen) atoms. The van der Waals surface area contributed by atoms with Crippen LogP contribution in [-0.4, -0.2) is 37.6 Å². The highest BCUT2D eigenvalue weighted by atomic mass is 15.3. The number of nitrogens with two attached hydrogens (primary N) is 1. The standard InChI is InChI=1S/C15H22N4/c16-7-3-4-8-18-9-11-19(12-10-18)15-6-2-1-5-14(15)13-17/h1-2,5-6H,3-4,8-13,17H2. The molecule has 4 heteroatoms. The van der Waals surface area contributed by atoms with Gasteiger partial charge in [-0.3, -0.25) is 4.90 Å². The number of piperazine rings is 1. The Hall–Kier alpha value is -1.57. The molecule has 0 radical (unpaired) electrons. The summed E-state index contributed by atoms with van der Waals surface area (Å²) in [6, 6.07) is 10.6. The molecule has 4 nitrogen and oxygen atoms in total. The Labute approximate surface area is 115 Å². The van der Waals surface area contributed by atoms with E-state index in [1.807, 2.05) is 6.07 Å². The molecule has 1 aromatic rings. The zero-order chi connectivity index (χ0) is 13.5. The van der Waals surface area contributed by atoms with E-state index in [1.54, 1.807) is 0 Å². The summed E-state index contributed by atoms with van der Waals surface area (Å²) in [5.41, 5.74) is 8.30. The molecule has 0 aromatic heterocycles. The molecule has 1 saturated heterocycles. The van der Waals surface area contributed by atoms with Gasteiger partial charge in [-0.05, 0) is 24.6 Å².